The summed E-state index contributed by atoms with van der Waals surface area (Å²) in [5, 5.41) is 0.438. The molecule has 2 aromatic carbocycles. The summed E-state index contributed by atoms with van der Waals surface area (Å²) in [6, 6.07) is 16.8. The highest BCUT2D eigenvalue weighted by atomic mass is 31.2. The summed E-state index contributed by atoms with van der Waals surface area (Å²) in [5.74, 6) is 0. The highest BCUT2D eigenvalue weighted by Gasteiger charge is 2.43. The van der Waals surface area contributed by atoms with E-state index in [4.69, 9.17) is 0 Å². The van der Waals surface area contributed by atoms with Crippen LogP contribution in [0.25, 0.3) is 0 Å². The number of carbonyl (C=O) groups is 2. The Labute approximate surface area is 142 Å². The summed E-state index contributed by atoms with van der Waals surface area (Å²) in [4.78, 5) is 26.1. The molecule has 3 nitrogen and oxygen atoms in total. The van der Waals surface area contributed by atoms with Crippen LogP contribution in [0.4, 0.5) is 0 Å². The summed E-state index contributed by atoms with van der Waals surface area (Å²) in [6.45, 7) is 3.73. The van der Waals surface area contributed by atoms with Crippen LogP contribution >= 0.6 is 7.14 Å². The maximum Gasteiger partial charge on any atom is 0.244 e. The van der Waals surface area contributed by atoms with Crippen molar-refractivity contribution in [3.63, 3.8) is 0 Å². The first-order chi connectivity index (χ1) is 11.6. The molecule has 0 amide bonds. The summed E-state index contributed by atoms with van der Waals surface area (Å²) in [7, 11) is -3.89. The quantitative estimate of drug-likeness (QED) is 0.604. The molecule has 0 aliphatic rings. The molecule has 0 unspecified atom stereocenters. The minimum atomic E-state index is -3.89. The van der Waals surface area contributed by atoms with E-state index >= 15 is 0 Å². The van der Waals surface area contributed by atoms with Crippen LogP contribution in [0.1, 0.15) is 47.4 Å². The van der Waals surface area contributed by atoms with Gasteiger partial charge in [-0.15, -0.1) is 0 Å². The molecule has 0 N–H and O–H groups in total. The van der Waals surface area contributed by atoms with Crippen molar-refractivity contribution in [2.24, 2.45) is 0 Å². The summed E-state index contributed by atoms with van der Waals surface area (Å²) >= 11 is 0. The van der Waals surface area contributed by atoms with E-state index in [0.29, 0.717) is 29.3 Å². The minimum Gasteiger partial charge on any atom is -0.302 e. The van der Waals surface area contributed by atoms with Crippen LogP contribution in [0.5, 0.6) is 0 Å². The van der Waals surface area contributed by atoms with Crippen LogP contribution in [0, 0.1) is 0 Å². The predicted octanol–water partition coefficient (Wildman–Crippen LogP) is 5.73. The summed E-state index contributed by atoms with van der Waals surface area (Å²) in [6.07, 6.45) is 2.78. The number of hydrogen-bond acceptors (Lipinski definition) is 3. The average Bonchev–Trinajstić information content (AvgIpc) is 2.65. The lowest BCUT2D eigenvalue weighted by Crippen LogP contribution is -2.12. The third kappa shape index (κ3) is 3.47. The second kappa shape index (κ2) is 8.03. The van der Waals surface area contributed by atoms with E-state index in [1.165, 1.54) is 0 Å². The lowest BCUT2D eigenvalue weighted by Gasteiger charge is -2.19. The third-order valence-electron chi connectivity index (χ3n) is 3.82. The second-order valence-electron chi connectivity index (χ2n) is 5.41. The van der Waals surface area contributed by atoms with Crippen molar-refractivity contribution in [2.45, 2.75) is 26.7 Å². The molecular formula is C20H21O3P. The van der Waals surface area contributed by atoms with E-state index in [1.807, 2.05) is 13.8 Å². The van der Waals surface area contributed by atoms with Crippen LogP contribution in [0.15, 0.2) is 72.1 Å². The normalized spacial score (nSPS) is 12.0. The van der Waals surface area contributed by atoms with Gasteiger partial charge < -0.3 is 4.57 Å². The van der Waals surface area contributed by atoms with Gasteiger partial charge in [0.1, 0.15) is 0 Å². The van der Waals surface area contributed by atoms with Crippen LogP contribution in [-0.4, -0.2) is 11.0 Å². The predicted molar refractivity (Wildman–Crippen MR) is 97.8 cm³/mol. The molecule has 0 heterocycles. The molecule has 0 atom stereocenters. The van der Waals surface area contributed by atoms with E-state index in [9.17, 15) is 14.2 Å². The first kappa shape index (κ1) is 18.1. The maximum atomic E-state index is 13.8. The highest BCUT2D eigenvalue weighted by Crippen LogP contribution is 2.60. The van der Waals surface area contributed by atoms with Crippen molar-refractivity contribution in [3.8, 4) is 0 Å². The molecule has 124 valence electrons. The fourth-order valence-electron chi connectivity index (χ4n) is 2.61. The Morgan fingerprint density at radius 2 is 1.25 bits per heavy atom. The first-order valence-corrected chi connectivity index (χ1v) is 9.75. The molecule has 0 aliphatic carbocycles. The lowest BCUT2D eigenvalue weighted by molar-refractivity contribution is 0.103. The van der Waals surface area contributed by atoms with Gasteiger partial charge in [-0.05, 0) is 18.2 Å². The van der Waals surface area contributed by atoms with Crippen molar-refractivity contribution in [2.75, 3.05) is 0 Å². The zero-order valence-electron chi connectivity index (χ0n) is 13.9. The maximum absolute atomic E-state index is 13.8. The number of carbonyl (C=O) groups excluding carboxylic acids is 2. The molecule has 24 heavy (non-hydrogen) atoms. The Balaban J connectivity index is 2.62. The Bertz CT molecular complexity index is 737. The fraction of sp³-hybridized carbons (Fsp3) is 0.200. The van der Waals surface area contributed by atoms with Gasteiger partial charge in [-0.3, -0.25) is 9.59 Å². The first-order valence-electron chi connectivity index (χ1n) is 8.05. The van der Waals surface area contributed by atoms with Crippen molar-refractivity contribution in [3.05, 3.63) is 83.2 Å². The second-order valence-corrected chi connectivity index (χ2v) is 8.01. The fourth-order valence-corrected chi connectivity index (χ4v) is 5.23. The van der Waals surface area contributed by atoms with Gasteiger partial charge in [-0.1, -0.05) is 80.6 Å². The number of allylic oxidation sites excluding steroid dienone is 2. The van der Waals surface area contributed by atoms with Crippen LogP contribution in [0.3, 0.4) is 0 Å². The highest BCUT2D eigenvalue weighted by molar-refractivity contribution is 7.98. The van der Waals surface area contributed by atoms with Crippen LogP contribution in [-0.2, 0) is 4.57 Å². The number of benzene rings is 2. The number of rotatable bonds is 7. The molecule has 0 aromatic heterocycles. The van der Waals surface area contributed by atoms with Gasteiger partial charge >= 0.3 is 0 Å². The molecule has 0 aliphatic heterocycles. The molecule has 0 fully saturated rings. The Morgan fingerprint density at radius 1 is 0.833 bits per heavy atom. The topological polar surface area (TPSA) is 51.2 Å². The molecule has 2 rings (SSSR count). The molecule has 0 saturated carbocycles. The third-order valence-corrected chi connectivity index (χ3v) is 6.79. The molecule has 0 saturated heterocycles. The Morgan fingerprint density at radius 3 is 1.58 bits per heavy atom. The average molecular weight is 340 g/mol. The van der Waals surface area contributed by atoms with Crippen molar-refractivity contribution in [1.29, 1.82) is 0 Å². The zero-order chi connectivity index (χ0) is 17.6. The summed E-state index contributed by atoms with van der Waals surface area (Å²) < 4.78 is 13.8. The monoisotopic (exact) mass is 340 g/mol. The largest absolute Gasteiger partial charge is 0.302 e. The molecule has 2 aromatic rings. The SMILES string of the molecule is CCC=C(CC)P(=O)(C(=O)c1ccccc1)C(=O)c1ccccc1. The van der Waals surface area contributed by atoms with E-state index in [-0.39, 0.29) is 0 Å². The zero-order valence-corrected chi connectivity index (χ0v) is 14.8. The molecule has 4 heteroatoms. The van der Waals surface area contributed by atoms with Gasteiger partial charge in [0.2, 0.25) is 18.2 Å². The Hall–Kier alpha value is -2.25. The lowest BCUT2D eigenvalue weighted by atomic mass is 10.2. The molecule has 0 spiro atoms. The van der Waals surface area contributed by atoms with E-state index in [2.05, 4.69) is 0 Å². The smallest absolute Gasteiger partial charge is 0.244 e. The van der Waals surface area contributed by atoms with Gasteiger partial charge in [-0.2, -0.15) is 0 Å². The molecule has 0 radical (unpaired) electrons. The molecule has 0 bridgehead atoms. The van der Waals surface area contributed by atoms with Crippen molar-refractivity contribution in [1.82, 2.24) is 0 Å². The van der Waals surface area contributed by atoms with E-state index in [0.717, 1.165) is 0 Å². The number of hydrogen-bond donors (Lipinski definition) is 0. The van der Waals surface area contributed by atoms with Crippen molar-refractivity contribution < 1.29 is 14.2 Å². The Kier molecular flexibility index (Phi) is 6.05. The van der Waals surface area contributed by atoms with Gasteiger partial charge in [0.15, 0.2) is 0 Å². The summed E-state index contributed by atoms with van der Waals surface area (Å²) in [5.41, 5.74) is -0.557. The van der Waals surface area contributed by atoms with Crippen LogP contribution in [0.2, 0.25) is 0 Å². The van der Waals surface area contributed by atoms with Gasteiger partial charge in [0, 0.05) is 11.1 Å². The van der Waals surface area contributed by atoms with Gasteiger partial charge in [0.05, 0.1) is 0 Å². The van der Waals surface area contributed by atoms with Gasteiger partial charge in [0.25, 0.3) is 0 Å². The standard InChI is InChI=1S/C20H21O3P/c1-3-11-18(4-2)24(23,19(21)16-12-7-5-8-13-16)20(22)17-14-9-6-10-15-17/h5-15H,3-4H2,1-2H3. The van der Waals surface area contributed by atoms with Crippen molar-refractivity contribution >= 4 is 18.2 Å². The van der Waals surface area contributed by atoms with E-state index in [1.54, 1.807) is 66.7 Å². The van der Waals surface area contributed by atoms with Gasteiger partial charge in [-0.25, -0.2) is 0 Å². The molecular weight excluding hydrogens is 319 g/mol. The van der Waals surface area contributed by atoms with Crippen LogP contribution < -0.4 is 0 Å². The van der Waals surface area contributed by atoms with E-state index < -0.39 is 18.2 Å². The minimum absolute atomic E-state index is 0.306.